The van der Waals surface area contributed by atoms with Crippen LogP contribution in [0.25, 0.3) is 0 Å². The summed E-state index contributed by atoms with van der Waals surface area (Å²) in [6.07, 6.45) is 0.358. The molecule has 5 heteroatoms. The minimum absolute atomic E-state index is 0.00197. The molecule has 0 aromatic carbocycles. The molecule has 3 aliphatic rings. The molecular formula is C21H28O5. The summed E-state index contributed by atoms with van der Waals surface area (Å²) in [7, 11) is 0. The van der Waals surface area contributed by atoms with E-state index in [0.717, 1.165) is 5.57 Å². The van der Waals surface area contributed by atoms with Crippen molar-refractivity contribution < 1.29 is 24.6 Å². The molecule has 0 saturated heterocycles. The van der Waals surface area contributed by atoms with Gasteiger partial charge in [-0.2, -0.15) is 0 Å². The van der Waals surface area contributed by atoms with Crippen LogP contribution in [-0.2, 0) is 14.4 Å². The summed E-state index contributed by atoms with van der Waals surface area (Å²) >= 11 is 0. The molecule has 1 spiro atoms. The Bertz CT molecular complexity index is 771. The van der Waals surface area contributed by atoms with Gasteiger partial charge in [0.1, 0.15) is 11.3 Å². The van der Waals surface area contributed by atoms with Gasteiger partial charge in [0.05, 0.1) is 5.41 Å². The number of carbonyl (C=O) groups excluding carboxylic acids is 3. The SMILES string of the molecule is C=C(C)[C@H]1C[C@]23C(O)=C(C(=O)CC(C)C)C(=O)[C@@]2(O)C(=O)C[C@@H]3C1(C)C. The maximum Gasteiger partial charge on any atom is 0.210 e. The third-order valence-corrected chi connectivity index (χ3v) is 7.04. The fraction of sp³-hybridized carbons (Fsp3) is 0.667. The summed E-state index contributed by atoms with van der Waals surface area (Å²) in [4.78, 5) is 38.4. The molecule has 2 fully saturated rings. The van der Waals surface area contributed by atoms with Gasteiger partial charge in [-0.1, -0.05) is 39.8 Å². The summed E-state index contributed by atoms with van der Waals surface area (Å²) in [6, 6.07) is 0. The van der Waals surface area contributed by atoms with Gasteiger partial charge in [0.2, 0.25) is 5.78 Å². The number of rotatable bonds is 4. The Hall–Kier alpha value is -1.75. The van der Waals surface area contributed by atoms with Crippen molar-refractivity contribution in [3.8, 4) is 0 Å². The predicted octanol–water partition coefficient (Wildman–Crippen LogP) is 2.93. The Labute approximate surface area is 154 Å². The van der Waals surface area contributed by atoms with E-state index in [2.05, 4.69) is 6.58 Å². The van der Waals surface area contributed by atoms with E-state index in [4.69, 9.17) is 0 Å². The van der Waals surface area contributed by atoms with Crippen LogP contribution in [0.15, 0.2) is 23.5 Å². The summed E-state index contributed by atoms with van der Waals surface area (Å²) in [5, 5.41) is 22.4. The molecule has 0 aliphatic heterocycles. The number of aliphatic hydroxyl groups is 2. The second-order valence-electron chi connectivity index (χ2n) is 9.36. The highest BCUT2D eigenvalue weighted by Gasteiger charge is 2.81. The molecule has 0 aromatic rings. The molecule has 0 heterocycles. The molecule has 5 nitrogen and oxygen atoms in total. The van der Waals surface area contributed by atoms with Crippen LogP contribution in [0, 0.1) is 28.6 Å². The van der Waals surface area contributed by atoms with Crippen LogP contribution >= 0.6 is 0 Å². The van der Waals surface area contributed by atoms with Crippen molar-refractivity contribution in [1.29, 1.82) is 0 Å². The van der Waals surface area contributed by atoms with Crippen molar-refractivity contribution in [1.82, 2.24) is 0 Å². The number of hydrogen-bond acceptors (Lipinski definition) is 5. The van der Waals surface area contributed by atoms with Crippen molar-refractivity contribution in [2.24, 2.45) is 28.6 Å². The van der Waals surface area contributed by atoms with Gasteiger partial charge in [0.15, 0.2) is 17.2 Å². The second-order valence-corrected chi connectivity index (χ2v) is 9.36. The van der Waals surface area contributed by atoms with E-state index in [-0.39, 0.29) is 42.4 Å². The zero-order valence-corrected chi connectivity index (χ0v) is 16.2. The average Bonchev–Trinajstić information content (AvgIpc) is 2.94. The number of allylic oxidation sites excluding steroid dienone is 1. The lowest BCUT2D eigenvalue weighted by atomic mass is 9.67. The smallest absolute Gasteiger partial charge is 0.210 e. The number of carbonyl (C=O) groups is 3. The fourth-order valence-electron chi connectivity index (χ4n) is 5.84. The van der Waals surface area contributed by atoms with Gasteiger partial charge in [-0.15, -0.1) is 0 Å². The lowest BCUT2D eigenvalue weighted by Crippen LogP contribution is -2.52. The van der Waals surface area contributed by atoms with E-state index < -0.39 is 39.7 Å². The third kappa shape index (κ3) is 1.92. The second kappa shape index (κ2) is 5.38. The van der Waals surface area contributed by atoms with Crippen molar-refractivity contribution in [3.05, 3.63) is 23.5 Å². The maximum absolute atomic E-state index is 13.0. The number of Topliss-reactive ketones (excluding diaryl/α,β-unsaturated/α-hetero) is 3. The highest BCUT2D eigenvalue weighted by atomic mass is 16.3. The van der Waals surface area contributed by atoms with Gasteiger partial charge in [0.25, 0.3) is 0 Å². The lowest BCUT2D eigenvalue weighted by molar-refractivity contribution is -0.153. The molecule has 3 rings (SSSR count). The molecule has 0 radical (unpaired) electrons. The van der Waals surface area contributed by atoms with Crippen molar-refractivity contribution >= 4 is 17.3 Å². The summed E-state index contributed by atoms with van der Waals surface area (Å²) in [6.45, 7) is 13.6. The summed E-state index contributed by atoms with van der Waals surface area (Å²) < 4.78 is 0. The average molecular weight is 360 g/mol. The first-order valence-electron chi connectivity index (χ1n) is 9.26. The minimum Gasteiger partial charge on any atom is -0.511 e. The molecule has 2 N–H and O–H groups in total. The normalized spacial score (nSPS) is 38.1. The molecule has 0 amide bonds. The predicted molar refractivity (Wildman–Crippen MR) is 96.3 cm³/mol. The Morgan fingerprint density at radius 3 is 2.38 bits per heavy atom. The molecular weight excluding hydrogens is 332 g/mol. The topological polar surface area (TPSA) is 91.7 Å². The third-order valence-electron chi connectivity index (χ3n) is 7.04. The monoisotopic (exact) mass is 360 g/mol. The van der Waals surface area contributed by atoms with E-state index in [1.165, 1.54) is 0 Å². The van der Waals surface area contributed by atoms with E-state index in [1.807, 2.05) is 34.6 Å². The van der Waals surface area contributed by atoms with E-state index in [0.29, 0.717) is 0 Å². The Kier molecular flexibility index (Phi) is 3.94. The number of hydrogen-bond donors (Lipinski definition) is 2. The molecule has 0 bridgehead atoms. The van der Waals surface area contributed by atoms with Crippen LogP contribution in [0.5, 0.6) is 0 Å². The standard InChI is InChI=1S/C21H28O5/c1-10(2)7-13(22)16-17(24)20-9-12(11(3)4)19(5,6)14(20)8-15(23)21(20,26)18(16)25/h10,12,14,24,26H,3,7-9H2,1-2,4-6H3/t12-,14-,20+,21+/m1/s1. The van der Waals surface area contributed by atoms with Gasteiger partial charge in [-0.3, -0.25) is 14.4 Å². The molecule has 0 unspecified atom stereocenters. The van der Waals surface area contributed by atoms with Crippen molar-refractivity contribution in [3.63, 3.8) is 0 Å². The zero-order chi connectivity index (χ0) is 19.8. The number of aliphatic hydroxyl groups excluding tert-OH is 1. The first-order valence-corrected chi connectivity index (χ1v) is 9.26. The number of ketones is 3. The summed E-state index contributed by atoms with van der Waals surface area (Å²) in [5.74, 6) is -2.85. The highest BCUT2D eigenvalue weighted by molar-refractivity contribution is 6.33. The Morgan fingerprint density at radius 1 is 1.31 bits per heavy atom. The van der Waals surface area contributed by atoms with Crippen LogP contribution < -0.4 is 0 Å². The molecule has 0 aromatic heterocycles. The van der Waals surface area contributed by atoms with Crippen LogP contribution in [0.1, 0.15) is 53.9 Å². The quantitative estimate of drug-likeness (QED) is 0.457. The van der Waals surface area contributed by atoms with Gasteiger partial charge < -0.3 is 10.2 Å². The molecule has 3 aliphatic carbocycles. The molecule has 4 atom stereocenters. The largest absolute Gasteiger partial charge is 0.511 e. The van der Waals surface area contributed by atoms with E-state index >= 15 is 0 Å². The summed E-state index contributed by atoms with van der Waals surface area (Å²) in [5.41, 5.74) is -3.65. The van der Waals surface area contributed by atoms with Gasteiger partial charge >= 0.3 is 0 Å². The van der Waals surface area contributed by atoms with Crippen molar-refractivity contribution in [2.75, 3.05) is 0 Å². The Morgan fingerprint density at radius 2 is 1.88 bits per heavy atom. The van der Waals surface area contributed by atoms with Crippen LogP contribution in [0.2, 0.25) is 0 Å². The molecule has 142 valence electrons. The molecule has 2 saturated carbocycles. The zero-order valence-electron chi connectivity index (χ0n) is 16.2. The van der Waals surface area contributed by atoms with Crippen LogP contribution in [0.3, 0.4) is 0 Å². The van der Waals surface area contributed by atoms with E-state index in [9.17, 15) is 24.6 Å². The first-order chi connectivity index (χ1) is 11.8. The lowest BCUT2D eigenvalue weighted by Gasteiger charge is -2.36. The first kappa shape index (κ1) is 19.0. The van der Waals surface area contributed by atoms with Gasteiger partial charge in [-0.25, -0.2) is 0 Å². The van der Waals surface area contributed by atoms with Gasteiger partial charge in [0, 0.05) is 12.8 Å². The fourth-order valence-corrected chi connectivity index (χ4v) is 5.84. The maximum atomic E-state index is 13.0. The van der Waals surface area contributed by atoms with Gasteiger partial charge in [-0.05, 0) is 36.5 Å². The van der Waals surface area contributed by atoms with E-state index in [1.54, 1.807) is 0 Å². The van der Waals surface area contributed by atoms with Crippen LogP contribution in [-0.4, -0.2) is 33.2 Å². The molecule has 26 heavy (non-hydrogen) atoms. The highest BCUT2D eigenvalue weighted by Crippen LogP contribution is 2.73. The minimum atomic E-state index is -2.33. The van der Waals surface area contributed by atoms with Crippen LogP contribution in [0.4, 0.5) is 0 Å². The Balaban J connectivity index is 2.23. The van der Waals surface area contributed by atoms with Crippen molar-refractivity contribution in [2.45, 2.75) is 59.5 Å².